The molecule has 1 heterocycles. The molecule has 2 aromatic carbocycles. The van der Waals surface area contributed by atoms with Crippen LogP contribution in [0.15, 0.2) is 64.3 Å². The third-order valence-corrected chi connectivity index (χ3v) is 4.34. The highest BCUT2D eigenvalue weighted by Gasteiger charge is 2.25. The van der Waals surface area contributed by atoms with Gasteiger partial charge in [0.15, 0.2) is 0 Å². The van der Waals surface area contributed by atoms with Gasteiger partial charge in [-0.25, -0.2) is 5.43 Å². The maximum absolute atomic E-state index is 12.3. The lowest BCUT2D eigenvalue weighted by molar-refractivity contribution is -0.385. The molecule has 0 spiro atoms. The van der Waals surface area contributed by atoms with Gasteiger partial charge < -0.3 is 0 Å². The van der Waals surface area contributed by atoms with Crippen LogP contribution < -0.4 is 5.43 Å². The zero-order valence-corrected chi connectivity index (χ0v) is 16.5. The van der Waals surface area contributed by atoms with E-state index in [1.807, 2.05) is 55.5 Å². The van der Waals surface area contributed by atoms with Gasteiger partial charge in [0.1, 0.15) is 6.20 Å². The summed E-state index contributed by atoms with van der Waals surface area (Å²) >= 11 is 3.38. The number of hydrazone groups is 1. The first-order valence-corrected chi connectivity index (χ1v) is 9.08. The van der Waals surface area contributed by atoms with Crippen LogP contribution in [0.3, 0.4) is 0 Å². The van der Waals surface area contributed by atoms with Crippen LogP contribution in [0.1, 0.15) is 27.2 Å². The number of halogens is 1. The largest absolute Gasteiger partial charge is 0.320 e. The van der Waals surface area contributed by atoms with Crippen LogP contribution in [0.5, 0.6) is 0 Å². The predicted octanol–water partition coefficient (Wildman–Crippen LogP) is 3.67. The van der Waals surface area contributed by atoms with Crippen molar-refractivity contribution in [3.8, 4) is 0 Å². The second kappa shape index (κ2) is 8.57. The molecule has 0 unspecified atom stereocenters. The maximum Gasteiger partial charge on any atom is 0.320 e. The molecule has 0 saturated heterocycles. The van der Waals surface area contributed by atoms with Gasteiger partial charge in [-0.3, -0.25) is 19.6 Å². The lowest BCUT2D eigenvalue weighted by atomic mass is 10.2. The number of aryl methyl sites for hydroxylation is 1. The van der Waals surface area contributed by atoms with E-state index in [0.717, 1.165) is 21.2 Å². The fraction of sp³-hybridized carbons (Fsp3) is 0.105. The average molecular weight is 442 g/mol. The number of carbonyl (C=O) groups excluding carboxylic acids is 1. The van der Waals surface area contributed by atoms with E-state index in [2.05, 4.69) is 31.6 Å². The number of nitro groups is 1. The fourth-order valence-corrected chi connectivity index (χ4v) is 2.93. The van der Waals surface area contributed by atoms with Crippen LogP contribution >= 0.6 is 15.9 Å². The first kappa shape index (κ1) is 19.4. The molecule has 1 N–H and O–H groups in total. The number of nitrogens with zero attached hydrogens (tertiary/aromatic N) is 4. The number of nitrogens with one attached hydrogen (secondary N) is 1. The summed E-state index contributed by atoms with van der Waals surface area (Å²) in [6.45, 7) is 2.26. The summed E-state index contributed by atoms with van der Waals surface area (Å²) < 4.78 is 2.24. The maximum atomic E-state index is 12.3. The molecule has 28 heavy (non-hydrogen) atoms. The zero-order valence-electron chi connectivity index (χ0n) is 14.9. The van der Waals surface area contributed by atoms with E-state index >= 15 is 0 Å². The molecule has 0 aliphatic carbocycles. The average Bonchev–Trinajstić information content (AvgIpc) is 3.07. The van der Waals surface area contributed by atoms with Gasteiger partial charge in [-0.2, -0.15) is 10.2 Å². The number of aromatic nitrogens is 2. The Morgan fingerprint density at radius 3 is 2.75 bits per heavy atom. The number of hydrogen-bond acceptors (Lipinski definition) is 5. The molecule has 0 fully saturated rings. The Labute approximate surface area is 169 Å². The molecule has 0 aliphatic rings. The van der Waals surface area contributed by atoms with Gasteiger partial charge in [0, 0.05) is 4.47 Å². The number of hydrogen-bond donors (Lipinski definition) is 1. The lowest BCUT2D eigenvalue weighted by Gasteiger charge is -2.01. The molecule has 0 radical (unpaired) electrons. The van der Waals surface area contributed by atoms with E-state index in [9.17, 15) is 14.9 Å². The van der Waals surface area contributed by atoms with Crippen LogP contribution in [0, 0.1) is 17.0 Å². The van der Waals surface area contributed by atoms with Crippen molar-refractivity contribution < 1.29 is 9.72 Å². The molecule has 0 aliphatic heterocycles. The Morgan fingerprint density at radius 2 is 2.07 bits per heavy atom. The summed E-state index contributed by atoms with van der Waals surface area (Å²) in [7, 11) is 0. The minimum absolute atomic E-state index is 0.291. The number of amides is 1. The van der Waals surface area contributed by atoms with Crippen molar-refractivity contribution in [1.82, 2.24) is 15.2 Å². The Hall–Kier alpha value is -3.33. The van der Waals surface area contributed by atoms with Gasteiger partial charge in [0.05, 0.1) is 17.7 Å². The van der Waals surface area contributed by atoms with Gasteiger partial charge in [-0.15, -0.1) is 0 Å². The van der Waals surface area contributed by atoms with E-state index in [4.69, 9.17) is 0 Å². The molecule has 8 nitrogen and oxygen atoms in total. The molecular formula is C19H16BrN5O3. The molecule has 3 rings (SSSR count). The molecular weight excluding hydrogens is 426 g/mol. The standard InChI is InChI=1S/C19H16BrN5O3/c1-13-5-7-14(8-6-13)10-21-22-19(26)18-17(25(27)28)12-24(23-18)11-15-3-2-4-16(20)9-15/h2-10,12H,11H2,1H3,(H,22,26)/b21-10+. The molecule has 0 atom stereocenters. The second-order valence-corrected chi connectivity index (χ2v) is 6.97. The van der Waals surface area contributed by atoms with Crippen LogP contribution in [0.25, 0.3) is 0 Å². The number of carbonyl (C=O) groups is 1. The Bertz CT molecular complexity index is 1040. The molecule has 1 aromatic heterocycles. The summed E-state index contributed by atoms with van der Waals surface area (Å²) in [6, 6.07) is 15.0. The van der Waals surface area contributed by atoms with E-state index in [-0.39, 0.29) is 11.4 Å². The quantitative estimate of drug-likeness (QED) is 0.358. The monoisotopic (exact) mass is 441 g/mol. The van der Waals surface area contributed by atoms with Crippen LogP contribution in [-0.4, -0.2) is 26.8 Å². The number of benzene rings is 2. The predicted molar refractivity (Wildman–Crippen MR) is 108 cm³/mol. The molecule has 0 saturated carbocycles. The van der Waals surface area contributed by atoms with Crippen molar-refractivity contribution in [2.45, 2.75) is 13.5 Å². The Kier molecular flexibility index (Phi) is 5.95. The van der Waals surface area contributed by atoms with Crippen LogP contribution in [-0.2, 0) is 6.54 Å². The highest BCUT2D eigenvalue weighted by atomic mass is 79.9. The Balaban J connectivity index is 1.76. The normalized spacial score (nSPS) is 10.9. The second-order valence-electron chi connectivity index (χ2n) is 6.06. The van der Waals surface area contributed by atoms with Crippen molar-refractivity contribution in [1.29, 1.82) is 0 Å². The number of rotatable bonds is 6. The fourth-order valence-electron chi connectivity index (χ4n) is 2.48. The molecule has 0 bridgehead atoms. The molecule has 3 aromatic rings. The highest BCUT2D eigenvalue weighted by molar-refractivity contribution is 9.10. The van der Waals surface area contributed by atoms with Crippen molar-refractivity contribution in [3.05, 3.63) is 91.7 Å². The van der Waals surface area contributed by atoms with Crippen molar-refractivity contribution in [2.75, 3.05) is 0 Å². The van der Waals surface area contributed by atoms with E-state index in [1.165, 1.54) is 17.1 Å². The zero-order chi connectivity index (χ0) is 20.1. The third kappa shape index (κ3) is 4.89. The molecule has 9 heteroatoms. The SMILES string of the molecule is Cc1ccc(/C=N/NC(=O)c2nn(Cc3cccc(Br)c3)cc2[N+](=O)[O-])cc1. The molecule has 1 amide bonds. The lowest BCUT2D eigenvalue weighted by Crippen LogP contribution is -2.19. The minimum atomic E-state index is -0.747. The van der Waals surface area contributed by atoms with Gasteiger partial charge in [0.2, 0.25) is 5.69 Å². The molecule has 142 valence electrons. The van der Waals surface area contributed by atoms with Crippen LogP contribution in [0.2, 0.25) is 0 Å². The van der Waals surface area contributed by atoms with Crippen molar-refractivity contribution in [2.24, 2.45) is 5.10 Å². The van der Waals surface area contributed by atoms with Gasteiger partial charge in [-0.05, 0) is 30.2 Å². The smallest absolute Gasteiger partial charge is 0.265 e. The minimum Gasteiger partial charge on any atom is -0.265 e. The summed E-state index contributed by atoms with van der Waals surface area (Å²) in [5.74, 6) is -0.747. The van der Waals surface area contributed by atoms with Gasteiger partial charge >= 0.3 is 5.69 Å². The summed E-state index contributed by atoms with van der Waals surface area (Å²) in [4.78, 5) is 23.0. The summed E-state index contributed by atoms with van der Waals surface area (Å²) in [6.07, 6.45) is 2.70. The third-order valence-electron chi connectivity index (χ3n) is 3.84. The topological polar surface area (TPSA) is 102 Å². The van der Waals surface area contributed by atoms with E-state index < -0.39 is 10.8 Å². The van der Waals surface area contributed by atoms with Crippen molar-refractivity contribution >= 4 is 33.7 Å². The first-order valence-electron chi connectivity index (χ1n) is 8.29. The van der Waals surface area contributed by atoms with Gasteiger partial charge in [-0.1, -0.05) is 57.9 Å². The van der Waals surface area contributed by atoms with E-state index in [0.29, 0.717) is 6.54 Å². The first-order chi connectivity index (χ1) is 13.4. The van der Waals surface area contributed by atoms with Gasteiger partial charge in [0.25, 0.3) is 5.91 Å². The highest BCUT2D eigenvalue weighted by Crippen LogP contribution is 2.19. The Morgan fingerprint density at radius 1 is 1.32 bits per heavy atom. The van der Waals surface area contributed by atoms with Crippen LogP contribution in [0.4, 0.5) is 5.69 Å². The van der Waals surface area contributed by atoms with Crippen molar-refractivity contribution in [3.63, 3.8) is 0 Å². The summed E-state index contributed by atoms with van der Waals surface area (Å²) in [5.41, 5.74) is 4.40. The summed E-state index contributed by atoms with van der Waals surface area (Å²) in [5, 5.41) is 19.2. The van der Waals surface area contributed by atoms with E-state index in [1.54, 1.807) is 0 Å².